The Balaban J connectivity index is 2.81. The van der Waals surface area contributed by atoms with Gasteiger partial charge in [-0.1, -0.05) is 6.92 Å². The molecule has 5 nitrogen and oxygen atoms in total. The molecule has 6 heteroatoms. The summed E-state index contributed by atoms with van der Waals surface area (Å²) >= 11 is 5.82. The second-order valence-electron chi connectivity index (χ2n) is 4.00. The summed E-state index contributed by atoms with van der Waals surface area (Å²) in [6, 6.07) is 0.570. The highest BCUT2D eigenvalue weighted by molar-refractivity contribution is 6.28. The van der Waals surface area contributed by atoms with E-state index in [0.29, 0.717) is 17.9 Å². The molecule has 0 saturated carbocycles. The first kappa shape index (κ1) is 13.0. The van der Waals surface area contributed by atoms with Gasteiger partial charge in [-0.25, -0.2) is 0 Å². The molecule has 0 aliphatic heterocycles. The molecule has 90 valence electrons. The van der Waals surface area contributed by atoms with E-state index < -0.39 is 0 Å². The molecule has 0 aliphatic carbocycles. The van der Waals surface area contributed by atoms with Crippen molar-refractivity contribution in [2.24, 2.45) is 0 Å². The number of aromatic nitrogens is 3. The molecule has 1 aromatic heterocycles. The van der Waals surface area contributed by atoms with E-state index in [-0.39, 0.29) is 11.3 Å². The predicted octanol–water partition coefficient (Wildman–Crippen LogP) is 2.56. The molecule has 0 saturated heterocycles. The van der Waals surface area contributed by atoms with E-state index in [0.717, 1.165) is 6.42 Å². The van der Waals surface area contributed by atoms with Crippen LogP contribution in [-0.4, -0.2) is 27.0 Å². The van der Waals surface area contributed by atoms with Gasteiger partial charge >= 0.3 is 0 Å². The van der Waals surface area contributed by atoms with Gasteiger partial charge in [0.15, 0.2) is 0 Å². The first-order valence-corrected chi connectivity index (χ1v) is 5.83. The highest BCUT2D eigenvalue weighted by atomic mass is 35.5. The standard InChI is InChI=1S/C10H18ClN5/c1-5-7(4)13-10-15-8(11)14-9(16-10)12-6(2)3/h6-7H,5H2,1-4H3,(H2,12,13,14,15,16). The first-order chi connectivity index (χ1) is 7.51. The molecular weight excluding hydrogens is 226 g/mol. The van der Waals surface area contributed by atoms with Gasteiger partial charge in [-0.3, -0.25) is 0 Å². The van der Waals surface area contributed by atoms with Gasteiger partial charge in [-0.05, 0) is 38.8 Å². The van der Waals surface area contributed by atoms with Crippen molar-refractivity contribution in [2.45, 2.75) is 46.2 Å². The maximum atomic E-state index is 5.82. The van der Waals surface area contributed by atoms with Crippen molar-refractivity contribution in [3.63, 3.8) is 0 Å². The van der Waals surface area contributed by atoms with Gasteiger partial charge < -0.3 is 10.6 Å². The molecule has 0 bridgehead atoms. The molecule has 0 radical (unpaired) electrons. The fourth-order valence-electron chi connectivity index (χ4n) is 1.06. The maximum Gasteiger partial charge on any atom is 0.229 e. The molecule has 1 aromatic rings. The van der Waals surface area contributed by atoms with Crippen LogP contribution in [-0.2, 0) is 0 Å². The van der Waals surface area contributed by atoms with Crippen LogP contribution in [0.1, 0.15) is 34.1 Å². The SMILES string of the molecule is CCC(C)Nc1nc(Cl)nc(NC(C)C)n1. The topological polar surface area (TPSA) is 62.7 Å². The third kappa shape index (κ3) is 4.18. The van der Waals surface area contributed by atoms with Crippen molar-refractivity contribution in [1.29, 1.82) is 0 Å². The largest absolute Gasteiger partial charge is 0.352 e. The molecule has 1 rings (SSSR count). The van der Waals surface area contributed by atoms with E-state index in [2.05, 4.69) is 39.4 Å². The second-order valence-corrected chi connectivity index (χ2v) is 4.34. The van der Waals surface area contributed by atoms with Crippen LogP contribution in [0.3, 0.4) is 0 Å². The van der Waals surface area contributed by atoms with Crippen LogP contribution in [0.25, 0.3) is 0 Å². The summed E-state index contributed by atoms with van der Waals surface area (Å²) in [6.07, 6.45) is 0.996. The summed E-state index contributed by atoms with van der Waals surface area (Å²) in [4.78, 5) is 12.3. The molecule has 16 heavy (non-hydrogen) atoms. The Morgan fingerprint density at radius 1 is 1.06 bits per heavy atom. The van der Waals surface area contributed by atoms with Gasteiger partial charge in [0.1, 0.15) is 0 Å². The Labute approximate surface area is 101 Å². The van der Waals surface area contributed by atoms with E-state index in [1.807, 2.05) is 13.8 Å². The number of anilines is 2. The third-order valence-electron chi connectivity index (χ3n) is 2.01. The Hall–Kier alpha value is -1.10. The van der Waals surface area contributed by atoms with E-state index in [1.54, 1.807) is 0 Å². The first-order valence-electron chi connectivity index (χ1n) is 5.46. The van der Waals surface area contributed by atoms with Crippen molar-refractivity contribution in [1.82, 2.24) is 15.0 Å². The van der Waals surface area contributed by atoms with Crippen LogP contribution in [0.2, 0.25) is 5.28 Å². The van der Waals surface area contributed by atoms with Crippen LogP contribution in [0, 0.1) is 0 Å². The van der Waals surface area contributed by atoms with Crippen molar-refractivity contribution in [2.75, 3.05) is 10.6 Å². The van der Waals surface area contributed by atoms with E-state index in [1.165, 1.54) is 0 Å². The number of halogens is 1. The minimum atomic E-state index is 0.198. The third-order valence-corrected chi connectivity index (χ3v) is 2.18. The molecular formula is C10H18ClN5. The molecule has 0 spiro atoms. The second kappa shape index (κ2) is 5.84. The summed E-state index contributed by atoms with van der Waals surface area (Å²) in [7, 11) is 0. The maximum absolute atomic E-state index is 5.82. The number of nitrogens with one attached hydrogen (secondary N) is 2. The molecule has 0 amide bonds. The van der Waals surface area contributed by atoms with Crippen molar-refractivity contribution in [3.05, 3.63) is 5.28 Å². The molecule has 0 aliphatic rings. The van der Waals surface area contributed by atoms with Gasteiger partial charge in [0.25, 0.3) is 0 Å². The summed E-state index contributed by atoms with van der Waals surface area (Å²) in [5.74, 6) is 1.01. The molecule has 1 atom stereocenters. The zero-order chi connectivity index (χ0) is 12.1. The zero-order valence-corrected chi connectivity index (χ0v) is 10.8. The van der Waals surface area contributed by atoms with Crippen molar-refractivity contribution >= 4 is 23.5 Å². The lowest BCUT2D eigenvalue weighted by molar-refractivity contribution is 0.749. The van der Waals surface area contributed by atoms with Crippen molar-refractivity contribution in [3.8, 4) is 0 Å². The molecule has 0 aromatic carbocycles. The van der Waals surface area contributed by atoms with Crippen LogP contribution < -0.4 is 10.6 Å². The van der Waals surface area contributed by atoms with Gasteiger partial charge in [-0.15, -0.1) is 0 Å². The van der Waals surface area contributed by atoms with Gasteiger partial charge in [0, 0.05) is 12.1 Å². The van der Waals surface area contributed by atoms with Gasteiger partial charge in [0.05, 0.1) is 0 Å². The Morgan fingerprint density at radius 2 is 1.62 bits per heavy atom. The lowest BCUT2D eigenvalue weighted by atomic mass is 10.3. The van der Waals surface area contributed by atoms with Crippen LogP contribution in [0.15, 0.2) is 0 Å². The number of rotatable bonds is 5. The van der Waals surface area contributed by atoms with E-state index >= 15 is 0 Å². The molecule has 0 fully saturated rings. The predicted molar refractivity (Wildman–Crippen MR) is 67.0 cm³/mol. The number of nitrogens with zero attached hydrogens (tertiary/aromatic N) is 3. The molecule has 2 N–H and O–H groups in total. The Morgan fingerprint density at radius 3 is 2.12 bits per heavy atom. The number of hydrogen-bond donors (Lipinski definition) is 2. The lowest BCUT2D eigenvalue weighted by Gasteiger charge is -2.13. The van der Waals surface area contributed by atoms with Crippen LogP contribution >= 0.6 is 11.6 Å². The highest BCUT2D eigenvalue weighted by Gasteiger charge is 2.07. The minimum absolute atomic E-state index is 0.198. The minimum Gasteiger partial charge on any atom is -0.352 e. The molecule has 1 unspecified atom stereocenters. The van der Waals surface area contributed by atoms with Crippen molar-refractivity contribution < 1.29 is 0 Å². The van der Waals surface area contributed by atoms with E-state index in [9.17, 15) is 0 Å². The monoisotopic (exact) mass is 243 g/mol. The lowest BCUT2D eigenvalue weighted by Crippen LogP contribution is -2.18. The fourth-order valence-corrected chi connectivity index (χ4v) is 1.22. The van der Waals surface area contributed by atoms with E-state index in [4.69, 9.17) is 11.6 Å². The summed E-state index contributed by atoms with van der Waals surface area (Å²) in [6.45, 7) is 8.18. The summed E-state index contributed by atoms with van der Waals surface area (Å²) in [5, 5.41) is 6.45. The van der Waals surface area contributed by atoms with Gasteiger partial charge in [-0.2, -0.15) is 15.0 Å². The average Bonchev–Trinajstić information content (AvgIpc) is 2.15. The van der Waals surface area contributed by atoms with Crippen LogP contribution in [0.4, 0.5) is 11.9 Å². The Bertz CT molecular complexity index is 342. The van der Waals surface area contributed by atoms with Gasteiger partial charge in [0.2, 0.25) is 17.2 Å². The summed E-state index contributed by atoms with van der Waals surface area (Å²) in [5.41, 5.74) is 0. The van der Waals surface area contributed by atoms with Crippen LogP contribution in [0.5, 0.6) is 0 Å². The summed E-state index contributed by atoms with van der Waals surface area (Å²) < 4.78 is 0. The zero-order valence-electron chi connectivity index (χ0n) is 10.1. The smallest absolute Gasteiger partial charge is 0.229 e. The Kier molecular flexibility index (Phi) is 4.73. The highest BCUT2D eigenvalue weighted by Crippen LogP contribution is 2.11. The fraction of sp³-hybridized carbons (Fsp3) is 0.700. The quantitative estimate of drug-likeness (QED) is 0.832. The number of hydrogen-bond acceptors (Lipinski definition) is 5. The average molecular weight is 244 g/mol. The molecule has 1 heterocycles. The normalized spacial score (nSPS) is 12.6.